The smallest absolute Gasteiger partial charge is 0.306 e. The molecule has 428 valence electrons. The monoisotopic (exact) mass is 1030 g/mol. The minimum absolute atomic E-state index is 0.151. The molecule has 0 aromatic heterocycles. The molecule has 0 aliphatic carbocycles. The molecule has 9 nitrogen and oxygen atoms in total. The van der Waals surface area contributed by atoms with Crippen LogP contribution in [0.1, 0.15) is 296 Å². The lowest BCUT2D eigenvalue weighted by molar-refractivity contribution is -0.870. The number of carboxylic acids is 1. The molecule has 0 aliphatic heterocycles. The Hall–Kier alpha value is -2.49. The number of nitrogens with zero attached hydrogens (tertiary/aromatic N) is 1. The summed E-state index contributed by atoms with van der Waals surface area (Å²) in [5.41, 5.74) is 0. The highest BCUT2D eigenvalue weighted by molar-refractivity contribution is 5.70. The Kier molecular flexibility index (Phi) is 53.8. The lowest BCUT2D eigenvalue weighted by Crippen LogP contribution is -2.44. The molecule has 0 heterocycles. The molecule has 0 saturated carbocycles. The number of ether oxygens (including phenoxy) is 4. The number of carbonyl (C=O) groups is 3. The highest BCUT2D eigenvalue weighted by Gasteiger charge is 2.22. The van der Waals surface area contributed by atoms with Crippen molar-refractivity contribution in [3.63, 3.8) is 0 Å². The zero-order chi connectivity index (χ0) is 53.4. The quantitative estimate of drug-likeness (QED) is 0.0195. The topological polar surface area (TPSA) is 111 Å². The Morgan fingerprint density at radius 2 is 0.740 bits per heavy atom. The number of aliphatic carboxylic acids is 1. The van der Waals surface area contributed by atoms with Crippen molar-refractivity contribution in [2.24, 2.45) is 0 Å². The first-order valence-electron chi connectivity index (χ1n) is 31.1. The number of unbranched alkanes of at least 4 members (excludes halogenated alkanes) is 37. The van der Waals surface area contributed by atoms with Crippen molar-refractivity contribution in [1.29, 1.82) is 0 Å². The van der Waals surface area contributed by atoms with Gasteiger partial charge < -0.3 is 33.3 Å². The van der Waals surface area contributed by atoms with E-state index >= 15 is 0 Å². The lowest BCUT2D eigenvalue weighted by Gasteiger charge is -2.26. The van der Waals surface area contributed by atoms with Crippen molar-refractivity contribution in [1.82, 2.24) is 0 Å². The van der Waals surface area contributed by atoms with Gasteiger partial charge in [0.1, 0.15) is 13.2 Å². The number of carbonyl (C=O) groups excluding carboxylic acids is 3. The number of carboxylic acid groups (broad SMARTS) is 1. The van der Waals surface area contributed by atoms with E-state index in [2.05, 4.69) is 50.3 Å². The number of allylic oxidation sites excluding steroid dienone is 6. The second kappa shape index (κ2) is 55.7. The zero-order valence-electron chi connectivity index (χ0n) is 48.8. The van der Waals surface area contributed by atoms with E-state index in [1.54, 1.807) is 0 Å². The van der Waals surface area contributed by atoms with Gasteiger partial charge in [0, 0.05) is 12.8 Å². The fourth-order valence-electron chi connectivity index (χ4n) is 9.08. The summed E-state index contributed by atoms with van der Waals surface area (Å²) in [4.78, 5) is 37.1. The molecule has 0 spiro atoms. The van der Waals surface area contributed by atoms with Crippen molar-refractivity contribution >= 4 is 17.9 Å². The fourth-order valence-corrected chi connectivity index (χ4v) is 9.08. The second-order valence-electron chi connectivity index (χ2n) is 22.4. The summed E-state index contributed by atoms with van der Waals surface area (Å²) in [5, 5.41) is 11.7. The maximum Gasteiger partial charge on any atom is 0.306 e. The number of likely N-dealkylation sites (N-methyl/N-ethyl adjacent to an activating group) is 1. The molecule has 0 N–H and O–H groups in total. The third-order valence-corrected chi connectivity index (χ3v) is 13.9. The summed E-state index contributed by atoms with van der Waals surface area (Å²) in [6, 6.07) is 0. The number of quaternary nitrogens is 1. The van der Waals surface area contributed by atoms with Gasteiger partial charge in [-0.15, -0.1) is 0 Å². The van der Waals surface area contributed by atoms with Crippen LogP contribution in [0.2, 0.25) is 0 Å². The van der Waals surface area contributed by atoms with Crippen LogP contribution in [0.15, 0.2) is 36.5 Å². The van der Waals surface area contributed by atoms with E-state index in [4.69, 9.17) is 18.9 Å². The van der Waals surface area contributed by atoms with E-state index in [0.29, 0.717) is 17.4 Å². The van der Waals surface area contributed by atoms with Gasteiger partial charge in [0.2, 0.25) is 0 Å². The maximum absolute atomic E-state index is 12.8. The van der Waals surface area contributed by atoms with Crippen LogP contribution in [0.3, 0.4) is 0 Å². The standard InChI is InChI=1S/C64H119NO8/c1-6-8-10-12-14-16-17-18-19-20-21-22-23-24-25-26-27-28-29-30-31-32-33-34-35-36-37-38-39-40-41-42-43-44-45-47-49-51-53-55-62(67)73-60(59-72-64(63(68)69)70-57-56-65(3,4)5)58-71-61(66)54-52-50-48-46-15-13-11-9-7-2/h17-18,20-21,23-24,60,64H,6-16,19,22,25-59H2,1-5H3/b18-17-,21-20-,24-23-. The van der Waals surface area contributed by atoms with E-state index in [9.17, 15) is 19.5 Å². The minimum Gasteiger partial charge on any atom is -0.545 e. The number of hydrogen-bond donors (Lipinski definition) is 0. The fraction of sp³-hybridized carbons (Fsp3) is 0.859. The van der Waals surface area contributed by atoms with Crippen LogP contribution < -0.4 is 5.11 Å². The van der Waals surface area contributed by atoms with Crippen molar-refractivity contribution < 1.29 is 42.9 Å². The van der Waals surface area contributed by atoms with Crippen LogP contribution in [0, 0.1) is 0 Å². The average molecular weight is 1030 g/mol. The van der Waals surface area contributed by atoms with Gasteiger partial charge >= 0.3 is 11.9 Å². The molecule has 0 aromatic rings. The molecule has 0 fully saturated rings. The van der Waals surface area contributed by atoms with Crippen LogP contribution in [0.25, 0.3) is 0 Å². The van der Waals surface area contributed by atoms with Crippen LogP contribution in [-0.4, -0.2) is 82.3 Å². The minimum atomic E-state index is -1.62. The average Bonchev–Trinajstić information content (AvgIpc) is 3.36. The third kappa shape index (κ3) is 57.1. The van der Waals surface area contributed by atoms with Gasteiger partial charge in [-0.1, -0.05) is 269 Å². The van der Waals surface area contributed by atoms with Crippen molar-refractivity contribution in [3.8, 4) is 0 Å². The molecule has 0 saturated heterocycles. The molecule has 0 amide bonds. The Balaban J connectivity index is 3.87. The van der Waals surface area contributed by atoms with Crippen molar-refractivity contribution in [3.05, 3.63) is 36.5 Å². The first-order chi connectivity index (χ1) is 35.6. The van der Waals surface area contributed by atoms with Gasteiger partial charge in [0.15, 0.2) is 12.4 Å². The Morgan fingerprint density at radius 3 is 1.10 bits per heavy atom. The predicted molar refractivity (Wildman–Crippen MR) is 306 cm³/mol. The Bertz CT molecular complexity index is 1290. The van der Waals surface area contributed by atoms with Gasteiger partial charge in [0.25, 0.3) is 0 Å². The summed E-state index contributed by atoms with van der Waals surface area (Å²) in [6.07, 6.45) is 65.3. The van der Waals surface area contributed by atoms with Gasteiger partial charge in [-0.2, -0.15) is 0 Å². The number of esters is 2. The van der Waals surface area contributed by atoms with E-state index in [-0.39, 0.29) is 32.2 Å². The molecular formula is C64H119NO8. The van der Waals surface area contributed by atoms with E-state index < -0.39 is 24.3 Å². The molecular weight excluding hydrogens is 911 g/mol. The third-order valence-electron chi connectivity index (χ3n) is 13.9. The highest BCUT2D eigenvalue weighted by atomic mass is 16.7. The summed E-state index contributed by atoms with van der Waals surface area (Å²) in [6.45, 7) is 4.74. The number of hydrogen-bond acceptors (Lipinski definition) is 8. The van der Waals surface area contributed by atoms with Crippen molar-refractivity contribution in [2.75, 3.05) is 47.5 Å². The summed E-state index contributed by atoms with van der Waals surface area (Å²) in [5.74, 6) is -2.27. The predicted octanol–water partition coefficient (Wildman–Crippen LogP) is 17.1. The lowest BCUT2D eigenvalue weighted by atomic mass is 10.0. The molecule has 0 aromatic carbocycles. The molecule has 0 radical (unpaired) electrons. The summed E-state index contributed by atoms with van der Waals surface area (Å²) in [7, 11) is 5.92. The molecule has 0 aliphatic rings. The maximum atomic E-state index is 12.8. The molecule has 73 heavy (non-hydrogen) atoms. The first-order valence-corrected chi connectivity index (χ1v) is 31.1. The first kappa shape index (κ1) is 70.5. The van der Waals surface area contributed by atoms with E-state index in [1.165, 1.54) is 218 Å². The molecule has 0 rings (SSSR count). The van der Waals surface area contributed by atoms with Crippen molar-refractivity contribution in [2.45, 2.75) is 309 Å². The number of rotatable bonds is 58. The molecule has 0 bridgehead atoms. The molecule has 2 unspecified atom stereocenters. The SMILES string of the molecule is CCCCCCC/C=C\C/C=C\C/C=C\CCCCCCCCCCCCCCCCCCCCCCCCCCC(=O)OC(COC(=O)CCCCCCCCCCC)COC(OCC[N+](C)(C)C)C(=O)[O-]. The van der Waals surface area contributed by atoms with Gasteiger partial charge in [-0.05, 0) is 51.4 Å². The Labute approximate surface area is 451 Å². The summed E-state index contributed by atoms with van der Waals surface area (Å²) < 4.78 is 22.6. The molecule has 2 atom stereocenters. The van der Waals surface area contributed by atoms with Crippen LogP contribution in [0.4, 0.5) is 0 Å². The summed E-state index contributed by atoms with van der Waals surface area (Å²) >= 11 is 0. The van der Waals surface area contributed by atoms with Crippen LogP contribution in [0.5, 0.6) is 0 Å². The van der Waals surface area contributed by atoms with E-state index in [1.807, 2.05) is 21.1 Å². The largest absolute Gasteiger partial charge is 0.545 e. The second-order valence-corrected chi connectivity index (χ2v) is 22.4. The van der Waals surface area contributed by atoms with Gasteiger partial charge in [-0.3, -0.25) is 9.59 Å². The van der Waals surface area contributed by atoms with Gasteiger partial charge in [0.05, 0.1) is 40.3 Å². The van der Waals surface area contributed by atoms with Crippen LogP contribution in [-0.2, 0) is 33.3 Å². The van der Waals surface area contributed by atoms with Gasteiger partial charge in [-0.25, -0.2) is 0 Å². The zero-order valence-corrected chi connectivity index (χ0v) is 48.8. The van der Waals surface area contributed by atoms with E-state index in [0.717, 1.165) is 51.4 Å². The normalized spacial score (nSPS) is 12.9. The highest BCUT2D eigenvalue weighted by Crippen LogP contribution is 2.18. The van der Waals surface area contributed by atoms with Crippen LogP contribution >= 0.6 is 0 Å². The Morgan fingerprint density at radius 1 is 0.411 bits per heavy atom. The molecule has 9 heteroatoms.